The molecule has 2 N–H and O–H groups in total. The summed E-state index contributed by atoms with van der Waals surface area (Å²) in [6, 6.07) is 6.18. The number of rotatable bonds is 11. The van der Waals surface area contributed by atoms with Gasteiger partial charge in [-0.05, 0) is 36.4 Å². The minimum absolute atomic E-state index is 0.139. The smallest absolute Gasteiger partial charge is 0.408 e. The van der Waals surface area contributed by atoms with Crippen LogP contribution in [0.3, 0.4) is 0 Å². The second-order valence-electron chi connectivity index (χ2n) is 7.61. The van der Waals surface area contributed by atoms with Crippen molar-refractivity contribution in [1.82, 2.24) is 10.6 Å². The van der Waals surface area contributed by atoms with E-state index in [2.05, 4.69) is 14.9 Å². The maximum atomic E-state index is 13.3. The summed E-state index contributed by atoms with van der Waals surface area (Å²) < 4.78 is 61.1. The summed E-state index contributed by atoms with van der Waals surface area (Å²) in [4.78, 5) is 55.6. The molecule has 1 atom stereocenters. The van der Waals surface area contributed by atoms with Crippen LogP contribution in [-0.2, 0) is 23.9 Å². The number of carbonyl (C=O) groups excluding carboxylic acids is 4. The standard InChI is InChI=1S/C22H21ClF4N4O7S/c23-16-6-5-15(39-16)19(33)28-9-14(29-22(35)37-10-17(24)25)20(34)31(38-21(26)27)13-3-1-12(2-4-13)30-7-8-36-11-18(30)32/h1-6,14,17,21H,7-11H2,(H,28,33)(H,29,35)/t14-/m1/s1. The molecule has 1 aliphatic rings. The molecule has 1 saturated heterocycles. The lowest BCUT2D eigenvalue weighted by Crippen LogP contribution is -2.54. The van der Waals surface area contributed by atoms with Crippen LogP contribution in [0.15, 0.2) is 36.4 Å². The van der Waals surface area contributed by atoms with Crippen molar-refractivity contribution >= 4 is 58.1 Å². The molecule has 1 aromatic carbocycles. The zero-order valence-corrected chi connectivity index (χ0v) is 21.4. The Morgan fingerprint density at radius 2 is 1.85 bits per heavy atom. The van der Waals surface area contributed by atoms with Crippen LogP contribution in [0.1, 0.15) is 9.67 Å². The maximum Gasteiger partial charge on any atom is 0.408 e. The Hall–Kier alpha value is -3.47. The molecular formula is C22H21ClF4N4O7S. The number of halogens is 5. The van der Waals surface area contributed by atoms with Crippen LogP contribution in [0.5, 0.6) is 0 Å². The first-order valence-electron chi connectivity index (χ1n) is 11.1. The molecule has 1 aliphatic heterocycles. The molecule has 212 valence electrons. The van der Waals surface area contributed by atoms with Crippen molar-refractivity contribution in [2.24, 2.45) is 0 Å². The van der Waals surface area contributed by atoms with Crippen molar-refractivity contribution in [3.05, 3.63) is 45.6 Å². The van der Waals surface area contributed by atoms with Gasteiger partial charge in [-0.1, -0.05) is 11.6 Å². The van der Waals surface area contributed by atoms with Crippen LogP contribution in [0, 0.1) is 0 Å². The average molecular weight is 597 g/mol. The topological polar surface area (TPSA) is 127 Å². The Bertz CT molecular complexity index is 1170. The molecule has 1 fully saturated rings. The minimum Gasteiger partial charge on any atom is -0.443 e. The van der Waals surface area contributed by atoms with Crippen molar-refractivity contribution in [2.45, 2.75) is 19.1 Å². The fourth-order valence-corrected chi connectivity index (χ4v) is 4.22. The normalized spacial score (nSPS) is 14.3. The van der Waals surface area contributed by atoms with Gasteiger partial charge < -0.3 is 25.0 Å². The fourth-order valence-electron chi connectivity index (χ4n) is 3.26. The van der Waals surface area contributed by atoms with E-state index in [1.165, 1.54) is 41.3 Å². The van der Waals surface area contributed by atoms with Gasteiger partial charge in [-0.3, -0.25) is 14.4 Å². The molecular weight excluding hydrogens is 576 g/mol. The molecule has 1 aromatic heterocycles. The monoisotopic (exact) mass is 596 g/mol. The Morgan fingerprint density at radius 3 is 2.44 bits per heavy atom. The van der Waals surface area contributed by atoms with Crippen LogP contribution in [0.4, 0.5) is 33.7 Å². The van der Waals surface area contributed by atoms with E-state index in [9.17, 15) is 36.7 Å². The molecule has 2 heterocycles. The lowest BCUT2D eigenvalue weighted by molar-refractivity contribution is -0.160. The number of morpholine rings is 1. The lowest BCUT2D eigenvalue weighted by Gasteiger charge is -2.28. The van der Waals surface area contributed by atoms with Crippen LogP contribution < -0.4 is 20.6 Å². The Labute approximate surface area is 227 Å². The molecule has 4 amide bonds. The van der Waals surface area contributed by atoms with Gasteiger partial charge in [-0.15, -0.1) is 11.3 Å². The third-order valence-corrected chi connectivity index (χ3v) is 6.19. The van der Waals surface area contributed by atoms with Crippen molar-refractivity contribution in [3.63, 3.8) is 0 Å². The second kappa shape index (κ2) is 14.1. The number of ether oxygens (including phenoxy) is 2. The summed E-state index contributed by atoms with van der Waals surface area (Å²) in [5.74, 6) is -2.35. The Balaban J connectivity index is 1.81. The highest BCUT2D eigenvalue weighted by Crippen LogP contribution is 2.24. The molecule has 0 bridgehead atoms. The first kappa shape index (κ1) is 30.1. The van der Waals surface area contributed by atoms with Gasteiger partial charge in [0.2, 0.25) is 0 Å². The largest absolute Gasteiger partial charge is 0.443 e. The zero-order valence-electron chi connectivity index (χ0n) is 19.8. The number of nitrogens with zero attached hydrogens (tertiary/aromatic N) is 2. The zero-order chi connectivity index (χ0) is 28.5. The molecule has 17 heteroatoms. The van der Waals surface area contributed by atoms with Gasteiger partial charge in [0.25, 0.3) is 24.1 Å². The average Bonchev–Trinajstić information content (AvgIpc) is 3.34. The quantitative estimate of drug-likeness (QED) is 0.302. The molecule has 0 spiro atoms. The SMILES string of the molecule is O=C(N[C@H](CNC(=O)c1ccc(Cl)s1)C(=O)N(OC(F)F)c1ccc(N2CCOCC2=O)cc1)OCC(F)F. The van der Waals surface area contributed by atoms with E-state index in [4.69, 9.17) is 16.3 Å². The Morgan fingerprint density at radius 1 is 1.13 bits per heavy atom. The van der Waals surface area contributed by atoms with Gasteiger partial charge in [-0.25, -0.2) is 13.6 Å². The van der Waals surface area contributed by atoms with E-state index >= 15 is 0 Å². The van der Waals surface area contributed by atoms with Gasteiger partial charge in [0.15, 0.2) is 6.61 Å². The van der Waals surface area contributed by atoms with E-state index in [-0.39, 0.29) is 41.3 Å². The molecule has 0 saturated carbocycles. The number of alkyl halides is 4. The number of benzene rings is 1. The van der Waals surface area contributed by atoms with Gasteiger partial charge >= 0.3 is 12.7 Å². The molecule has 0 radical (unpaired) electrons. The maximum absolute atomic E-state index is 13.3. The van der Waals surface area contributed by atoms with Gasteiger partial charge in [0.05, 0.1) is 21.5 Å². The first-order chi connectivity index (χ1) is 18.5. The van der Waals surface area contributed by atoms with Gasteiger partial charge in [0.1, 0.15) is 12.6 Å². The third-order valence-electron chi connectivity index (χ3n) is 4.96. The van der Waals surface area contributed by atoms with Crippen LogP contribution in [0.2, 0.25) is 4.34 Å². The van der Waals surface area contributed by atoms with E-state index in [1.807, 2.05) is 5.32 Å². The van der Waals surface area contributed by atoms with E-state index in [1.54, 1.807) is 0 Å². The minimum atomic E-state index is -3.50. The van der Waals surface area contributed by atoms with Crippen molar-refractivity contribution in [2.75, 3.05) is 42.9 Å². The number of hydroxylamine groups is 1. The molecule has 39 heavy (non-hydrogen) atoms. The third kappa shape index (κ3) is 8.77. The van der Waals surface area contributed by atoms with Crippen LogP contribution in [-0.4, -0.2) is 75.8 Å². The highest BCUT2D eigenvalue weighted by Gasteiger charge is 2.32. The van der Waals surface area contributed by atoms with Gasteiger partial charge in [0, 0.05) is 18.8 Å². The summed E-state index contributed by atoms with van der Waals surface area (Å²) >= 11 is 6.71. The molecule has 0 unspecified atom stereocenters. The van der Waals surface area contributed by atoms with E-state index < -0.39 is 50.1 Å². The lowest BCUT2D eigenvalue weighted by atomic mass is 10.2. The second-order valence-corrected chi connectivity index (χ2v) is 9.33. The highest BCUT2D eigenvalue weighted by molar-refractivity contribution is 7.18. The number of anilines is 2. The van der Waals surface area contributed by atoms with Crippen molar-refractivity contribution in [3.8, 4) is 0 Å². The molecule has 11 nitrogen and oxygen atoms in total. The highest BCUT2D eigenvalue weighted by atomic mass is 35.5. The summed E-state index contributed by atoms with van der Waals surface area (Å²) in [6.07, 6.45) is -4.48. The predicted molar refractivity (Wildman–Crippen MR) is 130 cm³/mol. The van der Waals surface area contributed by atoms with Crippen molar-refractivity contribution in [1.29, 1.82) is 0 Å². The van der Waals surface area contributed by atoms with Crippen molar-refractivity contribution < 1.29 is 51.1 Å². The number of amides is 4. The first-order valence-corrected chi connectivity index (χ1v) is 12.3. The number of nitrogens with one attached hydrogen (secondary N) is 2. The van der Waals surface area contributed by atoms with Gasteiger partial charge in [-0.2, -0.15) is 18.7 Å². The number of carbonyl (C=O) groups is 4. The summed E-state index contributed by atoms with van der Waals surface area (Å²) in [7, 11) is 0. The number of hydrogen-bond acceptors (Lipinski definition) is 8. The number of alkyl carbamates (subject to hydrolysis) is 1. The summed E-state index contributed by atoms with van der Waals surface area (Å²) in [5.41, 5.74) is 0.164. The predicted octanol–water partition coefficient (Wildman–Crippen LogP) is 3.04. The molecule has 3 rings (SSSR count). The molecule has 2 aromatic rings. The number of thiophene rings is 1. The Kier molecular flexibility index (Phi) is 10.8. The van der Waals surface area contributed by atoms with Crippen LogP contribution in [0.25, 0.3) is 0 Å². The van der Waals surface area contributed by atoms with E-state index in [0.29, 0.717) is 10.0 Å². The van der Waals surface area contributed by atoms with E-state index in [0.717, 1.165) is 11.3 Å². The summed E-state index contributed by atoms with van der Waals surface area (Å²) in [5, 5.41) is 4.46. The molecule has 0 aliphatic carbocycles. The summed E-state index contributed by atoms with van der Waals surface area (Å²) in [6.45, 7) is -5.07. The fraction of sp³-hybridized carbons (Fsp3) is 0.364. The van der Waals surface area contributed by atoms with Crippen LogP contribution >= 0.6 is 22.9 Å². The number of hydrogen-bond donors (Lipinski definition) is 2.